The third-order valence-corrected chi connectivity index (χ3v) is 2.93. The van der Waals surface area contributed by atoms with Crippen molar-refractivity contribution >= 4 is 5.97 Å². The summed E-state index contributed by atoms with van der Waals surface area (Å²) >= 11 is 0. The zero-order valence-electron chi connectivity index (χ0n) is 6.38. The van der Waals surface area contributed by atoms with Gasteiger partial charge >= 0.3 is 5.97 Å². The van der Waals surface area contributed by atoms with Crippen molar-refractivity contribution < 1.29 is 14.6 Å². The van der Waals surface area contributed by atoms with E-state index in [4.69, 9.17) is 9.84 Å². The van der Waals surface area contributed by atoms with E-state index in [0.29, 0.717) is 13.0 Å². The number of ether oxygens (including phenoxy) is 1. The Balaban J connectivity index is 2.13. The van der Waals surface area contributed by atoms with Gasteiger partial charge in [0.05, 0.1) is 11.5 Å². The first-order valence-corrected chi connectivity index (χ1v) is 4.11. The molecular weight excluding hydrogens is 144 g/mol. The van der Waals surface area contributed by atoms with Gasteiger partial charge in [-0.05, 0) is 25.7 Å². The fourth-order valence-corrected chi connectivity index (χ4v) is 2.11. The number of aliphatic carboxylic acids is 1. The van der Waals surface area contributed by atoms with Crippen molar-refractivity contribution in [3.05, 3.63) is 0 Å². The Kier molecular flexibility index (Phi) is 1.42. The number of hydrogen-bond acceptors (Lipinski definition) is 2. The molecule has 3 nitrogen and oxygen atoms in total. The van der Waals surface area contributed by atoms with E-state index in [-0.39, 0.29) is 11.5 Å². The molecule has 1 N–H and O–H groups in total. The molecule has 1 saturated carbocycles. The highest BCUT2D eigenvalue weighted by atomic mass is 16.5. The number of rotatable bonds is 1. The maximum absolute atomic E-state index is 10.7. The van der Waals surface area contributed by atoms with Crippen molar-refractivity contribution in [2.75, 3.05) is 6.61 Å². The maximum Gasteiger partial charge on any atom is 0.309 e. The van der Waals surface area contributed by atoms with E-state index >= 15 is 0 Å². The van der Waals surface area contributed by atoms with Gasteiger partial charge in [0.15, 0.2) is 0 Å². The van der Waals surface area contributed by atoms with Crippen LogP contribution in [0.3, 0.4) is 0 Å². The van der Waals surface area contributed by atoms with Crippen LogP contribution in [0.15, 0.2) is 0 Å². The number of carboxylic acids is 1. The van der Waals surface area contributed by atoms with Crippen LogP contribution in [-0.4, -0.2) is 23.3 Å². The molecule has 0 bridgehead atoms. The van der Waals surface area contributed by atoms with Crippen molar-refractivity contribution in [2.24, 2.45) is 5.92 Å². The zero-order valence-corrected chi connectivity index (χ0v) is 6.38. The van der Waals surface area contributed by atoms with Gasteiger partial charge in [-0.3, -0.25) is 4.79 Å². The van der Waals surface area contributed by atoms with Crippen molar-refractivity contribution in [3.63, 3.8) is 0 Å². The molecular formula is C8H12O3. The van der Waals surface area contributed by atoms with E-state index in [9.17, 15) is 4.79 Å². The van der Waals surface area contributed by atoms with Crippen LogP contribution in [0, 0.1) is 5.92 Å². The van der Waals surface area contributed by atoms with Crippen molar-refractivity contribution in [1.29, 1.82) is 0 Å². The van der Waals surface area contributed by atoms with Crippen LogP contribution in [0.1, 0.15) is 25.7 Å². The molecule has 1 aliphatic carbocycles. The predicted molar refractivity (Wildman–Crippen MR) is 38.3 cm³/mol. The fraction of sp³-hybridized carbons (Fsp3) is 0.875. The molecule has 11 heavy (non-hydrogen) atoms. The van der Waals surface area contributed by atoms with Gasteiger partial charge in [-0.1, -0.05) is 0 Å². The van der Waals surface area contributed by atoms with Crippen LogP contribution in [0.4, 0.5) is 0 Å². The summed E-state index contributed by atoms with van der Waals surface area (Å²) in [6.45, 7) is 0.636. The summed E-state index contributed by atoms with van der Waals surface area (Å²) in [5.74, 6) is -0.904. The monoisotopic (exact) mass is 156 g/mol. The minimum Gasteiger partial charge on any atom is -0.481 e. The van der Waals surface area contributed by atoms with Crippen LogP contribution >= 0.6 is 0 Å². The molecule has 0 radical (unpaired) electrons. The highest BCUT2D eigenvalue weighted by Crippen LogP contribution is 2.47. The molecule has 2 fully saturated rings. The lowest BCUT2D eigenvalue weighted by molar-refractivity contribution is -0.154. The lowest BCUT2D eigenvalue weighted by Crippen LogP contribution is -2.45. The number of carbonyl (C=O) groups is 1. The molecule has 1 saturated heterocycles. The van der Waals surface area contributed by atoms with Gasteiger partial charge < -0.3 is 9.84 Å². The first-order valence-electron chi connectivity index (χ1n) is 4.11. The first kappa shape index (κ1) is 7.10. The van der Waals surface area contributed by atoms with Crippen LogP contribution in [0.5, 0.6) is 0 Å². The second-order valence-electron chi connectivity index (χ2n) is 3.45. The molecule has 0 aromatic rings. The Morgan fingerprint density at radius 1 is 1.55 bits per heavy atom. The molecule has 1 atom stereocenters. The van der Waals surface area contributed by atoms with Crippen LogP contribution in [-0.2, 0) is 9.53 Å². The smallest absolute Gasteiger partial charge is 0.309 e. The highest BCUT2D eigenvalue weighted by molar-refractivity contribution is 5.72. The lowest BCUT2D eigenvalue weighted by Gasteiger charge is -2.40. The van der Waals surface area contributed by atoms with Gasteiger partial charge in [-0.2, -0.15) is 0 Å². The Morgan fingerprint density at radius 3 is 2.64 bits per heavy atom. The number of hydrogen-bond donors (Lipinski definition) is 1. The van der Waals surface area contributed by atoms with Crippen molar-refractivity contribution in [1.82, 2.24) is 0 Å². The molecule has 0 aromatic carbocycles. The summed E-state index contributed by atoms with van der Waals surface area (Å²) in [7, 11) is 0. The molecule has 2 rings (SSSR count). The van der Waals surface area contributed by atoms with E-state index in [0.717, 1.165) is 19.3 Å². The van der Waals surface area contributed by atoms with E-state index in [1.54, 1.807) is 0 Å². The van der Waals surface area contributed by atoms with Gasteiger partial charge in [0.1, 0.15) is 0 Å². The molecule has 1 unspecified atom stereocenters. The molecule has 2 aliphatic rings. The molecule has 1 spiro atoms. The SMILES string of the molecule is O=C(O)C1CCOC12CCC2. The van der Waals surface area contributed by atoms with Gasteiger partial charge in [-0.25, -0.2) is 0 Å². The molecule has 3 heteroatoms. The lowest BCUT2D eigenvalue weighted by atomic mass is 9.71. The van der Waals surface area contributed by atoms with Crippen LogP contribution in [0.2, 0.25) is 0 Å². The van der Waals surface area contributed by atoms with Crippen molar-refractivity contribution in [2.45, 2.75) is 31.3 Å². The van der Waals surface area contributed by atoms with Crippen molar-refractivity contribution in [3.8, 4) is 0 Å². The Morgan fingerprint density at radius 2 is 2.27 bits per heavy atom. The largest absolute Gasteiger partial charge is 0.481 e. The van der Waals surface area contributed by atoms with Crippen LogP contribution in [0.25, 0.3) is 0 Å². The molecule has 62 valence electrons. The normalized spacial score (nSPS) is 33.6. The summed E-state index contributed by atoms with van der Waals surface area (Å²) in [5.41, 5.74) is -0.244. The van der Waals surface area contributed by atoms with Crippen LogP contribution < -0.4 is 0 Å². The molecule has 1 heterocycles. The Labute approximate surface area is 65.4 Å². The van der Waals surface area contributed by atoms with E-state index in [1.807, 2.05) is 0 Å². The van der Waals surface area contributed by atoms with E-state index in [1.165, 1.54) is 0 Å². The predicted octanol–water partition coefficient (Wildman–Crippen LogP) is 1.03. The van der Waals surface area contributed by atoms with E-state index < -0.39 is 5.97 Å². The number of carboxylic acid groups (broad SMARTS) is 1. The van der Waals surface area contributed by atoms with Gasteiger partial charge in [0, 0.05) is 6.61 Å². The standard InChI is InChI=1S/C8H12O3/c9-7(10)6-2-5-11-8(6)3-1-4-8/h6H,1-5H2,(H,9,10). The van der Waals surface area contributed by atoms with Gasteiger partial charge in [-0.15, -0.1) is 0 Å². The first-order chi connectivity index (χ1) is 5.25. The second-order valence-corrected chi connectivity index (χ2v) is 3.45. The Bertz CT molecular complexity index is 184. The summed E-state index contributed by atoms with van der Waals surface area (Å²) < 4.78 is 5.47. The minimum atomic E-state index is -0.679. The molecule has 1 aliphatic heterocycles. The van der Waals surface area contributed by atoms with Gasteiger partial charge in [0.25, 0.3) is 0 Å². The Hall–Kier alpha value is -0.570. The molecule has 0 aromatic heterocycles. The summed E-state index contributed by atoms with van der Waals surface area (Å²) in [4.78, 5) is 10.7. The zero-order chi connectivity index (χ0) is 7.90. The average molecular weight is 156 g/mol. The fourth-order valence-electron chi connectivity index (χ4n) is 2.11. The average Bonchev–Trinajstić information content (AvgIpc) is 2.27. The summed E-state index contributed by atoms with van der Waals surface area (Å²) in [6, 6.07) is 0. The summed E-state index contributed by atoms with van der Waals surface area (Å²) in [5, 5.41) is 8.83. The topological polar surface area (TPSA) is 46.5 Å². The van der Waals surface area contributed by atoms with E-state index in [2.05, 4.69) is 0 Å². The quantitative estimate of drug-likeness (QED) is 0.616. The third-order valence-electron chi connectivity index (χ3n) is 2.93. The highest BCUT2D eigenvalue weighted by Gasteiger charge is 2.52. The second kappa shape index (κ2) is 2.21. The summed E-state index contributed by atoms with van der Waals surface area (Å²) in [6.07, 6.45) is 3.73. The maximum atomic E-state index is 10.7. The van der Waals surface area contributed by atoms with Gasteiger partial charge in [0.2, 0.25) is 0 Å². The minimum absolute atomic E-state index is 0.226. The third kappa shape index (κ3) is 0.872. The molecule has 0 amide bonds.